The van der Waals surface area contributed by atoms with Crippen molar-refractivity contribution in [2.75, 3.05) is 0 Å². The summed E-state index contributed by atoms with van der Waals surface area (Å²) >= 11 is 0. The number of aryl methyl sites for hydroxylation is 1. The molecule has 16 heavy (non-hydrogen) atoms. The number of hydrogen-bond acceptors (Lipinski definition) is 2. The van der Waals surface area contributed by atoms with Gasteiger partial charge in [0.05, 0.1) is 6.20 Å². The summed E-state index contributed by atoms with van der Waals surface area (Å²) in [6, 6.07) is 9.88. The molecular formula is C13H11N2O. The van der Waals surface area contributed by atoms with Crippen molar-refractivity contribution < 1.29 is 4.79 Å². The van der Waals surface area contributed by atoms with Gasteiger partial charge in [-0.2, -0.15) is 5.10 Å². The fourth-order valence-corrected chi connectivity index (χ4v) is 1.34. The van der Waals surface area contributed by atoms with Crippen LogP contribution in [0.15, 0.2) is 42.7 Å². The van der Waals surface area contributed by atoms with Gasteiger partial charge in [-0.05, 0) is 24.3 Å². The van der Waals surface area contributed by atoms with Gasteiger partial charge in [-0.3, -0.25) is 9.48 Å². The summed E-state index contributed by atoms with van der Waals surface area (Å²) in [7, 11) is 1.84. The molecule has 0 aliphatic rings. The zero-order valence-electron chi connectivity index (χ0n) is 8.92. The van der Waals surface area contributed by atoms with Crippen molar-refractivity contribution in [3.63, 3.8) is 0 Å². The molecule has 0 saturated carbocycles. The van der Waals surface area contributed by atoms with Gasteiger partial charge < -0.3 is 0 Å². The van der Waals surface area contributed by atoms with E-state index in [1.165, 1.54) is 0 Å². The van der Waals surface area contributed by atoms with E-state index in [1.807, 2.05) is 13.2 Å². The molecule has 3 nitrogen and oxygen atoms in total. The predicted octanol–water partition coefficient (Wildman–Crippen LogP) is 2.12. The molecule has 0 atom stereocenters. The first-order chi connectivity index (χ1) is 7.75. The van der Waals surface area contributed by atoms with Gasteiger partial charge >= 0.3 is 0 Å². The van der Waals surface area contributed by atoms with Gasteiger partial charge in [0, 0.05) is 24.4 Å². The van der Waals surface area contributed by atoms with Gasteiger partial charge in [0.1, 0.15) is 0 Å². The molecule has 79 valence electrons. The molecule has 2 rings (SSSR count). The van der Waals surface area contributed by atoms with Gasteiger partial charge in [-0.25, -0.2) is 0 Å². The second-order valence-electron chi connectivity index (χ2n) is 3.44. The zero-order valence-corrected chi connectivity index (χ0v) is 8.92. The zero-order chi connectivity index (χ0) is 11.4. The first-order valence-electron chi connectivity index (χ1n) is 4.93. The van der Waals surface area contributed by atoms with Crippen LogP contribution in [0.2, 0.25) is 0 Å². The molecule has 2 aromatic rings. The summed E-state index contributed by atoms with van der Waals surface area (Å²) in [4.78, 5) is 11.7. The van der Waals surface area contributed by atoms with Crippen molar-refractivity contribution in [3.8, 4) is 0 Å². The molecule has 0 saturated heterocycles. The minimum atomic E-state index is -0.0271. The number of carbonyl (C=O) groups excluding carboxylic acids is 1. The Hall–Kier alpha value is -2.16. The molecule has 0 aliphatic heterocycles. The van der Waals surface area contributed by atoms with E-state index in [4.69, 9.17) is 0 Å². The normalized spacial score (nSPS) is 10.8. The topological polar surface area (TPSA) is 34.9 Å². The molecule has 0 fully saturated rings. The Labute approximate surface area is 94.0 Å². The summed E-state index contributed by atoms with van der Waals surface area (Å²) in [5.41, 5.74) is 1.55. The highest BCUT2D eigenvalue weighted by atomic mass is 16.1. The van der Waals surface area contributed by atoms with Crippen LogP contribution in [-0.2, 0) is 7.05 Å². The monoisotopic (exact) mass is 211 g/mol. The summed E-state index contributed by atoms with van der Waals surface area (Å²) < 4.78 is 1.69. The highest BCUT2D eigenvalue weighted by Gasteiger charge is 1.99. The van der Waals surface area contributed by atoms with E-state index in [0.29, 0.717) is 5.56 Å². The summed E-state index contributed by atoms with van der Waals surface area (Å²) in [5, 5.41) is 4.02. The minimum Gasteiger partial charge on any atom is -0.289 e. The maximum absolute atomic E-state index is 11.7. The highest BCUT2D eigenvalue weighted by Crippen LogP contribution is 2.04. The third kappa shape index (κ3) is 2.45. The van der Waals surface area contributed by atoms with Gasteiger partial charge in [0.15, 0.2) is 5.78 Å². The van der Waals surface area contributed by atoms with Crippen molar-refractivity contribution in [1.29, 1.82) is 0 Å². The molecule has 1 heterocycles. The largest absolute Gasteiger partial charge is 0.289 e. The molecule has 0 amide bonds. The first-order valence-corrected chi connectivity index (χ1v) is 4.93. The van der Waals surface area contributed by atoms with E-state index in [1.54, 1.807) is 47.3 Å². The second kappa shape index (κ2) is 4.57. The molecule has 3 heteroatoms. The Morgan fingerprint density at radius 2 is 2.44 bits per heavy atom. The van der Waals surface area contributed by atoms with Crippen LogP contribution in [-0.4, -0.2) is 15.6 Å². The average Bonchev–Trinajstić information content (AvgIpc) is 2.73. The van der Waals surface area contributed by atoms with Crippen LogP contribution in [0.5, 0.6) is 0 Å². The van der Waals surface area contributed by atoms with E-state index in [2.05, 4.69) is 11.2 Å². The molecule has 1 aromatic carbocycles. The lowest BCUT2D eigenvalue weighted by Gasteiger charge is -1.92. The van der Waals surface area contributed by atoms with Crippen molar-refractivity contribution in [1.82, 2.24) is 9.78 Å². The van der Waals surface area contributed by atoms with Crippen LogP contribution >= 0.6 is 0 Å². The standard InChI is InChI=1S/C13H11N2O/c1-15-10-11(9-14-15)7-8-13(16)12-5-3-2-4-6-12/h2-3,5-10H,1H3/b8-7+. The Balaban J connectivity index is 2.11. The Bertz CT molecular complexity index is 512. The molecule has 0 aliphatic carbocycles. The predicted molar refractivity (Wildman–Crippen MR) is 61.9 cm³/mol. The fraction of sp³-hybridized carbons (Fsp3) is 0.0769. The van der Waals surface area contributed by atoms with Gasteiger partial charge in [-0.1, -0.05) is 18.2 Å². The van der Waals surface area contributed by atoms with Crippen molar-refractivity contribution in [3.05, 3.63) is 59.9 Å². The number of carbonyl (C=O) groups is 1. The van der Waals surface area contributed by atoms with E-state index in [-0.39, 0.29) is 5.78 Å². The van der Waals surface area contributed by atoms with E-state index >= 15 is 0 Å². The van der Waals surface area contributed by atoms with Crippen molar-refractivity contribution in [2.45, 2.75) is 0 Å². The second-order valence-corrected chi connectivity index (χ2v) is 3.44. The first kappa shape index (κ1) is 10.4. The number of hydrogen-bond donors (Lipinski definition) is 0. The van der Waals surface area contributed by atoms with Crippen LogP contribution in [0, 0.1) is 6.07 Å². The number of rotatable bonds is 3. The van der Waals surface area contributed by atoms with Crippen molar-refractivity contribution in [2.24, 2.45) is 7.05 Å². The van der Waals surface area contributed by atoms with Gasteiger partial charge in [0.2, 0.25) is 0 Å². The van der Waals surface area contributed by atoms with E-state index in [9.17, 15) is 4.79 Å². The molecule has 0 bridgehead atoms. The quantitative estimate of drug-likeness (QED) is 0.575. The van der Waals surface area contributed by atoms with Gasteiger partial charge in [-0.15, -0.1) is 0 Å². The summed E-state index contributed by atoms with van der Waals surface area (Å²) in [6.45, 7) is 0. The third-order valence-electron chi connectivity index (χ3n) is 2.14. The lowest BCUT2D eigenvalue weighted by molar-refractivity contribution is 0.104. The highest BCUT2D eigenvalue weighted by molar-refractivity contribution is 6.06. The fourth-order valence-electron chi connectivity index (χ4n) is 1.34. The minimum absolute atomic E-state index is 0.0271. The molecular weight excluding hydrogens is 200 g/mol. The van der Waals surface area contributed by atoms with E-state index in [0.717, 1.165) is 5.56 Å². The lowest BCUT2D eigenvalue weighted by Crippen LogP contribution is -1.92. The smallest absolute Gasteiger partial charge is 0.185 e. The van der Waals surface area contributed by atoms with Crippen LogP contribution in [0.4, 0.5) is 0 Å². The van der Waals surface area contributed by atoms with Crippen LogP contribution in [0.3, 0.4) is 0 Å². The number of nitrogens with zero attached hydrogens (tertiary/aromatic N) is 2. The van der Waals surface area contributed by atoms with Crippen LogP contribution in [0.25, 0.3) is 6.08 Å². The molecule has 0 spiro atoms. The van der Waals surface area contributed by atoms with Crippen molar-refractivity contribution >= 4 is 11.9 Å². The maximum Gasteiger partial charge on any atom is 0.185 e. The summed E-state index contributed by atoms with van der Waals surface area (Å²) in [5.74, 6) is -0.0271. The Morgan fingerprint density at radius 3 is 3.06 bits per heavy atom. The van der Waals surface area contributed by atoms with Crippen LogP contribution in [0.1, 0.15) is 15.9 Å². The molecule has 1 radical (unpaired) electrons. The van der Waals surface area contributed by atoms with E-state index < -0.39 is 0 Å². The third-order valence-corrected chi connectivity index (χ3v) is 2.14. The number of ketones is 1. The Morgan fingerprint density at radius 1 is 1.56 bits per heavy atom. The van der Waals surface area contributed by atoms with Gasteiger partial charge in [0.25, 0.3) is 0 Å². The van der Waals surface area contributed by atoms with Crippen LogP contribution < -0.4 is 0 Å². The maximum atomic E-state index is 11.7. The number of aromatic nitrogens is 2. The number of benzene rings is 1. The molecule has 0 N–H and O–H groups in total. The molecule has 0 unspecified atom stereocenters. The SMILES string of the molecule is Cn1cc(/C=C/C(=O)c2c[c]ccc2)cn1. The summed E-state index contributed by atoms with van der Waals surface area (Å²) in [6.07, 6.45) is 6.85. The average molecular weight is 211 g/mol. The molecule has 1 aromatic heterocycles. The number of allylic oxidation sites excluding steroid dienone is 1. The Kier molecular flexibility index (Phi) is 2.96. The lowest BCUT2D eigenvalue weighted by atomic mass is 10.1.